The average Bonchev–Trinajstić information content (AvgIpc) is 2.28. The molecule has 0 radical (unpaired) electrons. The Morgan fingerprint density at radius 2 is 1.95 bits per heavy atom. The van der Waals surface area contributed by atoms with Gasteiger partial charge >= 0.3 is 0 Å². The molecule has 1 aromatic rings. The summed E-state index contributed by atoms with van der Waals surface area (Å²) in [4.78, 5) is 12.0. The van der Waals surface area contributed by atoms with Crippen molar-refractivity contribution in [1.29, 1.82) is 0 Å². The number of carbonyl (C=O) groups is 1. The van der Waals surface area contributed by atoms with Crippen LogP contribution in [0.5, 0.6) is 5.75 Å². The lowest BCUT2D eigenvalue weighted by molar-refractivity contribution is -0.128. The van der Waals surface area contributed by atoms with E-state index in [4.69, 9.17) is 10.5 Å². The van der Waals surface area contributed by atoms with Crippen molar-refractivity contribution in [3.05, 3.63) is 29.6 Å². The van der Waals surface area contributed by atoms with Crippen molar-refractivity contribution in [1.82, 2.24) is 5.32 Å². The molecule has 0 aliphatic rings. The summed E-state index contributed by atoms with van der Waals surface area (Å²) >= 11 is 0. The maximum atomic E-state index is 13.2. The Balaban J connectivity index is 2.85. The van der Waals surface area contributed by atoms with E-state index in [0.29, 0.717) is 11.3 Å². The van der Waals surface area contributed by atoms with Gasteiger partial charge in [0.2, 0.25) is 0 Å². The minimum absolute atomic E-state index is 0.225. The first-order valence-corrected chi connectivity index (χ1v) is 6.64. The highest BCUT2D eigenvalue weighted by molar-refractivity contribution is 5.81. The van der Waals surface area contributed by atoms with Crippen molar-refractivity contribution in [2.24, 2.45) is 5.73 Å². The fourth-order valence-corrected chi connectivity index (χ4v) is 1.70. The second kappa shape index (κ2) is 6.22. The first-order chi connectivity index (χ1) is 9.10. The summed E-state index contributed by atoms with van der Waals surface area (Å²) in [7, 11) is 0. The second-order valence-corrected chi connectivity index (χ2v) is 5.97. The third-order valence-electron chi connectivity index (χ3n) is 2.63. The fourth-order valence-electron chi connectivity index (χ4n) is 1.70. The predicted molar refractivity (Wildman–Crippen MR) is 77.0 cm³/mol. The van der Waals surface area contributed by atoms with Gasteiger partial charge < -0.3 is 15.8 Å². The highest BCUT2D eigenvalue weighted by atomic mass is 19.1. The lowest BCUT2D eigenvalue weighted by Gasteiger charge is -2.24. The molecule has 0 bridgehead atoms. The van der Waals surface area contributed by atoms with Gasteiger partial charge in [0.15, 0.2) is 6.10 Å². The lowest BCUT2D eigenvalue weighted by atomic mass is 10.1. The largest absolute Gasteiger partial charge is 0.481 e. The fraction of sp³-hybridized carbons (Fsp3) is 0.533. The molecule has 0 aliphatic carbocycles. The Bertz CT molecular complexity index is 481. The molecule has 20 heavy (non-hydrogen) atoms. The van der Waals surface area contributed by atoms with Crippen molar-refractivity contribution in [3.63, 3.8) is 0 Å². The van der Waals surface area contributed by atoms with Gasteiger partial charge in [-0.05, 0) is 52.8 Å². The summed E-state index contributed by atoms with van der Waals surface area (Å²) in [5.41, 5.74) is 6.00. The minimum atomic E-state index is -0.683. The summed E-state index contributed by atoms with van der Waals surface area (Å²) < 4.78 is 18.8. The van der Waals surface area contributed by atoms with E-state index in [9.17, 15) is 9.18 Å². The quantitative estimate of drug-likeness (QED) is 0.892. The summed E-state index contributed by atoms with van der Waals surface area (Å²) in [6, 6.07) is 3.73. The summed E-state index contributed by atoms with van der Waals surface area (Å²) in [6.07, 6.45) is -0.683. The van der Waals surface area contributed by atoms with E-state index >= 15 is 0 Å². The van der Waals surface area contributed by atoms with Crippen LogP contribution >= 0.6 is 0 Å². The summed E-state index contributed by atoms with van der Waals surface area (Å²) in [5, 5.41) is 2.83. The highest BCUT2D eigenvalue weighted by Crippen LogP contribution is 2.25. The van der Waals surface area contributed by atoms with E-state index in [1.807, 2.05) is 20.8 Å². The Kier molecular flexibility index (Phi) is 5.11. The Morgan fingerprint density at radius 1 is 1.35 bits per heavy atom. The molecule has 112 valence electrons. The van der Waals surface area contributed by atoms with Crippen molar-refractivity contribution in [2.75, 3.05) is 0 Å². The third kappa shape index (κ3) is 4.81. The molecule has 0 aliphatic heterocycles. The average molecular weight is 282 g/mol. The van der Waals surface area contributed by atoms with Crippen LogP contribution in [0.25, 0.3) is 0 Å². The van der Waals surface area contributed by atoms with E-state index in [-0.39, 0.29) is 23.3 Å². The van der Waals surface area contributed by atoms with Gasteiger partial charge in [0.25, 0.3) is 5.91 Å². The number of carbonyl (C=O) groups excluding carboxylic acids is 1. The minimum Gasteiger partial charge on any atom is -0.481 e. The first-order valence-electron chi connectivity index (χ1n) is 6.64. The Morgan fingerprint density at radius 3 is 2.45 bits per heavy atom. The van der Waals surface area contributed by atoms with Crippen LogP contribution in [0.3, 0.4) is 0 Å². The van der Waals surface area contributed by atoms with Gasteiger partial charge in [0, 0.05) is 17.1 Å². The zero-order valence-electron chi connectivity index (χ0n) is 12.7. The Hall–Kier alpha value is -1.62. The lowest BCUT2D eigenvalue weighted by Crippen LogP contribution is -2.46. The topological polar surface area (TPSA) is 64.3 Å². The molecule has 1 rings (SSSR count). The van der Waals surface area contributed by atoms with Crippen molar-refractivity contribution in [3.8, 4) is 5.75 Å². The maximum Gasteiger partial charge on any atom is 0.261 e. The van der Waals surface area contributed by atoms with Crippen molar-refractivity contribution in [2.45, 2.75) is 52.3 Å². The normalized spacial score (nSPS) is 14.6. The van der Waals surface area contributed by atoms with Crippen LogP contribution < -0.4 is 15.8 Å². The number of nitrogens with two attached hydrogens (primary N) is 1. The van der Waals surface area contributed by atoms with Gasteiger partial charge in [-0.15, -0.1) is 0 Å². The molecule has 3 N–H and O–H groups in total. The van der Waals surface area contributed by atoms with E-state index in [1.54, 1.807) is 13.8 Å². The van der Waals surface area contributed by atoms with E-state index < -0.39 is 6.10 Å². The van der Waals surface area contributed by atoms with Crippen molar-refractivity contribution < 1.29 is 13.9 Å². The van der Waals surface area contributed by atoms with Gasteiger partial charge in [-0.2, -0.15) is 0 Å². The molecule has 0 spiro atoms. The van der Waals surface area contributed by atoms with E-state index in [1.165, 1.54) is 18.2 Å². The number of benzene rings is 1. The number of ether oxygens (including phenoxy) is 1. The maximum absolute atomic E-state index is 13.2. The van der Waals surface area contributed by atoms with E-state index in [2.05, 4.69) is 5.32 Å². The molecule has 0 fully saturated rings. The van der Waals surface area contributed by atoms with Crippen LogP contribution in [0, 0.1) is 5.82 Å². The second-order valence-electron chi connectivity index (χ2n) is 5.97. The molecule has 5 heteroatoms. The van der Waals surface area contributed by atoms with Crippen LogP contribution in [0.1, 0.15) is 46.2 Å². The molecule has 0 heterocycles. The van der Waals surface area contributed by atoms with Gasteiger partial charge in [-0.1, -0.05) is 0 Å². The summed E-state index contributed by atoms with van der Waals surface area (Å²) in [6.45, 7) is 9.06. The summed E-state index contributed by atoms with van der Waals surface area (Å²) in [5.74, 6) is -0.174. The predicted octanol–water partition coefficient (Wildman–Crippen LogP) is 2.53. The molecule has 4 nitrogen and oxygen atoms in total. The smallest absolute Gasteiger partial charge is 0.261 e. The Labute approximate surface area is 119 Å². The zero-order chi connectivity index (χ0) is 15.5. The molecule has 0 saturated heterocycles. The van der Waals surface area contributed by atoms with Gasteiger partial charge in [-0.25, -0.2) is 4.39 Å². The van der Waals surface area contributed by atoms with Crippen molar-refractivity contribution >= 4 is 5.91 Å². The molecule has 2 atom stereocenters. The van der Waals surface area contributed by atoms with Gasteiger partial charge in [-0.3, -0.25) is 4.79 Å². The van der Waals surface area contributed by atoms with Crippen LogP contribution in [-0.4, -0.2) is 17.6 Å². The van der Waals surface area contributed by atoms with Gasteiger partial charge in [0.1, 0.15) is 11.6 Å². The number of rotatable bonds is 4. The number of nitrogens with one attached hydrogen (secondary N) is 1. The number of hydrogen-bond acceptors (Lipinski definition) is 3. The highest BCUT2D eigenvalue weighted by Gasteiger charge is 2.22. The number of amides is 1. The standard InChI is InChI=1S/C15H23FN2O2/c1-9(17)12-8-11(16)6-7-13(12)20-10(2)14(19)18-15(3,4)5/h6-10H,17H2,1-5H3,(H,18,19)/t9-,10?/m0/s1. The molecule has 0 aromatic heterocycles. The number of hydrogen-bond donors (Lipinski definition) is 2. The van der Waals surface area contributed by atoms with Crippen LogP contribution in [-0.2, 0) is 4.79 Å². The van der Waals surface area contributed by atoms with Crippen LogP contribution in [0.4, 0.5) is 4.39 Å². The van der Waals surface area contributed by atoms with Gasteiger partial charge in [0.05, 0.1) is 0 Å². The third-order valence-corrected chi connectivity index (χ3v) is 2.63. The zero-order valence-corrected chi connectivity index (χ0v) is 12.7. The SMILES string of the molecule is CC(Oc1ccc(F)cc1[C@H](C)N)C(=O)NC(C)(C)C. The molecule has 1 unspecified atom stereocenters. The molecule has 1 aromatic carbocycles. The van der Waals surface area contributed by atoms with E-state index in [0.717, 1.165) is 0 Å². The number of halogens is 1. The van der Waals surface area contributed by atoms with Crippen LogP contribution in [0.2, 0.25) is 0 Å². The van der Waals surface area contributed by atoms with Crippen LogP contribution in [0.15, 0.2) is 18.2 Å². The molecular weight excluding hydrogens is 259 g/mol. The first kappa shape index (κ1) is 16.4. The molecule has 1 amide bonds. The monoisotopic (exact) mass is 282 g/mol. The molecule has 0 saturated carbocycles. The molecular formula is C15H23FN2O2.